The zero-order valence-corrected chi connectivity index (χ0v) is 15.3. The van der Waals surface area contributed by atoms with Crippen LogP contribution >= 0.6 is 23.1 Å². The van der Waals surface area contributed by atoms with Gasteiger partial charge in [-0.2, -0.15) is 0 Å². The van der Waals surface area contributed by atoms with Gasteiger partial charge in [-0.1, -0.05) is 11.8 Å². The van der Waals surface area contributed by atoms with Gasteiger partial charge in [0.15, 0.2) is 5.17 Å². The number of carbonyl (C=O) groups is 3. The maximum Gasteiger partial charge on any atom is 0.341 e. The molecule has 0 saturated carbocycles. The molecule has 1 aromatic rings. The lowest BCUT2D eigenvalue weighted by Gasteiger charge is -2.10. The predicted octanol–water partition coefficient (Wildman–Crippen LogP) is 1.67. The number of hydrogen-bond donors (Lipinski definition) is 1. The fourth-order valence-corrected chi connectivity index (χ4v) is 5.85. The molecule has 0 bridgehead atoms. The van der Waals surface area contributed by atoms with E-state index in [0.717, 1.165) is 29.7 Å². The fourth-order valence-electron chi connectivity index (χ4n) is 3.37. The first-order valence-corrected chi connectivity index (χ1v) is 9.83. The number of aliphatic imine (C=N–C) groups is 1. The SMILES string of the molecule is COC(=O)c1c(NC(=O)C[C@H]2SC3=NCCN3C2=O)sc2c1CCC2. The lowest BCUT2D eigenvalue weighted by atomic mass is 10.1. The fraction of sp³-hybridized carbons (Fsp3) is 0.500. The molecule has 1 N–H and O–H groups in total. The summed E-state index contributed by atoms with van der Waals surface area (Å²) in [6.07, 6.45) is 2.84. The summed E-state index contributed by atoms with van der Waals surface area (Å²) < 4.78 is 4.88. The molecule has 1 fully saturated rings. The van der Waals surface area contributed by atoms with Gasteiger partial charge in [-0.05, 0) is 24.8 Å². The van der Waals surface area contributed by atoms with E-state index in [1.54, 1.807) is 4.90 Å². The van der Waals surface area contributed by atoms with Crippen molar-refractivity contribution in [2.75, 3.05) is 25.5 Å². The number of carbonyl (C=O) groups excluding carboxylic acids is 3. The van der Waals surface area contributed by atoms with Crippen molar-refractivity contribution in [3.63, 3.8) is 0 Å². The average Bonchev–Trinajstić information content (AvgIpc) is 3.31. The highest BCUT2D eigenvalue weighted by Gasteiger charge is 2.41. The number of thioether (sulfide) groups is 1. The van der Waals surface area contributed by atoms with Crippen molar-refractivity contribution in [3.8, 4) is 0 Å². The van der Waals surface area contributed by atoms with Crippen molar-refractivity contribution < 1.29 is 19.1 Å². The van der Waals surface area contributed by atoms with Crippen molar-refractivity contribution in [3.05, 3.63) is 16.0 Å². The van der Waals surface area contributed by atoms with Gasteiger partial charge in [-0.15, -0.1) is 11.3 Å². The third kappa shape index (κ3) is 2.85. The summed E-state index contributed by atoms with van der Waals surface area (Å²) in [5.41, 5.74) is 1.47. The molecular weight excluding hydrogens is 362 g/mol. The number of amides is 2. The highest BCUT2D eigenvalue weighted by molar-refractivity contribution is 8.15. The first-order valence-electron chi connectivity index (χ1n) is 8.13. The molecule has 2 aliphatic heterocycles. The molecule has 0 radical (unpaired) electrons. The predicted molar refractivity (Wildman–Crippen MR) is 96.3 cm³/mol. The number of rotatable bonds is 4. The molecule has 0 unspecified atom stereocenters. The van der Waals surface area contributed by atoms with E-state index in [4.69, 9.17) is 4.74 Å². The Kier molecular flexibility index (Phi) is 4.28. The molecule has 7 nitrogen and oxygen atoms in total. The molecule has 3 heterocycles. The zero-order valence-electron chi connectivity index (χ0n) is 13.7. The Hall–Kier alpha value is -1.87. The molecule has 9 heteroatoms. The Labute approximate surface area is 152 Å². The number of esters is 1. The van der Waals surface area contributed by atoms with Crippen molar-refractivity contribution in [2.45, 2.75) is 30.9 Å². The van der Waals surface area contributed by atoms with Crippen LogP contribution < -0.4 is 5.32 Å². The van der Waals surface area contributed by atoms with E-state index in [9.17, 15) is 14.4 Å². The summed E-state index contributed by atoms with van der Waals surface area (Å²) in [7, 11) is 1.34. The van der Waals surface area contributed by atoms with Crippen LogP contribution in [0.5, 0.6) is 0 Å². The Morgan fingerprint density at radius 1 is 1.40 bits per heavy atom. The van der Waals surface area contributed by atoms with Crippen LogP contribution in [0.3, 0.4) is 0 Å². The molecular formula is C16H17N3O4S2. The third-order valence-corrected chi connectivity index (χ3v) is 6.95. The number of amidine groups is 1. The summed E-state index contributed by atoms with van der Waals surface area (Å²) in [5, 5.41) is 3.64. The van der Waals surface area contributed by atoms with Crippen molar-refractivity contribution in [1.82, 2.24) is 4.90 Å². The third-order valence-electron chi connectivity index (χ3n) is 4.53. The van der Waals surface area contributed by atoms with Gasteiger partial charge >= 0.3 is 5.97 Å². The van der Waals surface area contributed by atoms with E-state index in [2.05, 4.69) is 10.3 Å². The van der Waals surface area contributed by atoms with Crippen LogP contribution in [0.4, 0.5) is 5.00 Å². The molecule has 4 rings (SSSR count). The van der Waals surface area contributed by atoms with E-state index in [-0.39, 0.29) is 18.2 Å². The monoisotopic (exact) mass is 379 g/mol. The number of fused-ring (bicyclic) bond motifs is 2. The average molecular weight is 379 g/mol. The van der Waals surface area contributed by atoms with Crippen molar-refractivity contribution in [2.24, 2.45) is 4.99 Å². The van der Waals surface area contributed by atoms with E-state index < -0.39 is 11.2 Å². The first kappa shape index (κ1) is 16.6. The van der Waals surface area contributed by atoms with E-state index in [1.807, 2.05) is 0 Å². The maximum absolute atomic E-state index is 12.4. The van der Waals surface area contributed by atoms with Gasteiger partial charge < -0.3 is 10.1 Å². The summed E-state index contributed by atoms with van der Waals surface area (Å²) in [4.78, 5) is 43.9. The van der Waals surface area contributed by atoms with Crippen LogP contribution in [0.1, 0.15) is 33.6 Å². The number of nitrogens with one attached hydrogen (secondary N) is 1. The zero-order chi connectivity index (χ0) is 17.6. The molecule has 1 saturated heterocycles. The van der Waals surface area contributed by atoms with Crippen LogP contribution in [0.2, 0.25) is 0 Å². The Morgan fingerprint density at radius 3 is 3.00 bits per heavy atom. The van der Waals surface area contributed by atoms with Gasteiger partial charge in [0.2, 0.25) is 11.8 Å². The van der Waals surface area contributed by atoms with Crippen LogP contribution in [0, 0.1) is 0 Å². The number of aryl methyl sites for hydroxylation is 1. The minimum absolute atomic E-state index is 0.0572. The Bertz CT molecular complexity index is 802. The number of nitrogens with zero attached hydrogens (tertiary/aromatic N) is 2. The number of methoxy groups -OCH3 is 1. The van der Waals surface area contributed by atoms with Gasteiger partial charge in [0.1, 0.15) is 10.3 Å². The smallest absolute Gasteiger partial charge is 0.341 e. The molecule has 3 aliphatic rings. The van der Waals surface area contributed by atoms with Crippen LogP contribution in [0.25, 0.3) is 0 Å². The van der Waals surface area contributed by atoms with Gasteiger partial charge in [0, 0.05) is 17.8 Å². The molecule has 0 spiro atoms. The van der Waals surface area contributed by atoms with Gasteiger partial charge in [0.25, 0.3) is 0 Å². The highest BCUT2D eigenvalue weighted by atomic mass is 32.2. The number of ether oxygens (including phenoxy) is 1. The summed E-state index contributed by atoms with van der Waals surface area (Å²) in [5.74, 6) is -0.744. The Balaban J connectivity index is 1.48. The second kappa shape index (κ2) is 6.45. The van der Waals surface area contributed by atoms with E-state index >= 15 is 0 Å². The minimum atomic E-state index is -0.438. The minimum Gasteiger partial charge on any atom is -0.465 e. The number of hydrogen-bond acceptors (Lipinski definition) is 7. The summed E-state index contributed by atoms with van der Waals surface area (Å²) in [6, 6.07) is 0. The van der Waals surface area contributed by atoms with Crippen LogP contribution in [-0.2, 0) is 27.2 Å². The lowest BCUT2D eigenvalue weighted by Crippen LogP contribution is -2.32. The Morgan fingerprint density at radius 2 is 2.24 bits per heavy atom. The quantitative estimate of drug-likeness (QED) is 0.804. The van der Waals surface area contributed by atoms with Crippen LogP contribution in [0.15, 0.2) is 4.99 Å². The number of anilines is 1. The van der Waals surface area contributed by atoms with Crippen LogP contribution in [-0.4, -0.2) is 53.3 Å². The largest absolute Gasteiger partial charge is 0.465 e. The second-order valence-electron chi connectivity index (χ2n) is 6.07. The summed E-state index contributed by atoms with van der Waals surface area (Å²) in [6.45, 7) is 1.24. The molecule has 1 aliphatic carbocycles. The standard InChI is InChI=1S/C16H17N3O4S2/c1-23-15(22)12-8-3-2-4-9(8)24-13(12)18-11(20)7-10-14(21)19-6-5-17-16(19)25-10/h10H,2-7H2,1H3,(H,18,20)/t10-/m1/s1. The molecule has 1 atom stereocenters. The molecule has 132 valence electrons. The second-order valence-corrected chi connectivity index (χ2v) is 8.34. The lowest BCUT2D eigenvalue weighted by molar-refractivity contribution is -0.127. The number of thiophene rings is 1. The maximum atomic E-state index is 12.4. The normalized spacial score (nSPS) is 21.2. The highest BCUT2D eigenvalue weighted by Crippen LogP contribution is 2.40. The molecule has 25 heavy (non-hydrogen) atoms. The van der Waals surface area contributed by atoms with Crippen molar-refractivity contribution >= 4 is 51.1 Å². The molecule has 0 aromatic carbocycles. The molecule has 1 aromatic heterocycles. The van der Waals surface area contributed by atoms with E-state index in [1.165, 1.54) is 30.2 Å². The van der Waals surface area contributed by atoms with E-state index in [0.29, 0.717) is 28.8 Å². The topological polar surface area (TPSA) is 88.1 Å². The van der Waals surface area contributed by atoms with Gasteiger partial charge in [-0.25, -0.2) is 4.79 Å². The van der Waals surface area contributed by atoms with Gasteiger partial charge in [0.05, 0.1) is 19.2 Å². The molecule has 2 amide bonds. The first-order chi connectivity index (χ1) is 12.1. The van der Waals surface area contributed by atoms with Gasteiger partial charge in [-0.3, -0.25) is 19.5 Å². The summed E-state index contributed by atoms with van der Waals surface area (Å²) >= 11 is 2.78. The van der Waals surface area contributed by atoms with Crippen molar-refractivity contribution in [1.29, 1.82) is 0 Å².